The fourth-order valence-corrected chi connectivity index (χ4v) is 3.65. The van der Waals surface area contributed by atoms with Crippen molar-refractivity contribution >= 4 is 5.97 Å². The van der Waals surface area contributed by atoms with Gasteiger partial charge in [0.05, 0.1) is 0 Å². The molecular formula is C19H26O3. The third kappa shape index (κ3) is 2.45. The SMILES string of the molecule is Cc1ccc(C2(C(=O)OC(C)(C)C)OC23CCCCC3)cc1. The standard InChI is InChI=1S/C19H26O3/c1-14-8-10-15(11-9-14)19(16(20)21-17(2,3)4)18(22-19)12-6-5-7-13-18/h8-11H,5-7,12-13H2,1-4H3. The molecule has 120 valence electrons. The molecular weight excluding hydrogens is 276 g/mol. The van der Waals surface area contributed by atoms with Crippen LogP contribution in [-0.4, -0.2) is 17.2 Å². The van der Waals surface area contributed by atoms with E-state index in [1.54, 1.807) is 0 Å². The first kappa shape index (κ1) is 15.5. The lowest BCUT2D eigenvalue weighted by molar-refractivity contribution is -0.162. The maximum atomic E-state index is 13.0. The van der Waals surface area contributed by atoms with Gasteiger partial charge in [-0.1, -0.05) is 49.1 Å². The van der Waals surface area contributed by atoms with Crippen LogP contribution < -0.4 is 0 Å². The van der Waals surface area contributed by atoms with Crippen molar-refractivity contribution in [2.75, 3.05) is 0 Å². The molecule has 1 heterocycles. The van der Waals surface area contributed by atoms with Crippen LogP contribution in [0.15, 0.2) is 24.3 Å². The van der Waals surface area contributed by atoms with Crippen LogP contribution in [0.4, 0.5) is 0 Å². The summed E-state index contributed by atoms with van der Waals surface area (Å²) in [5.41, 5.74) is 0.379. The van der Waals surface area contributed by atoms with Crippen molar-refractivity contribution in [3.8, 4) is 0 Å². The molecule has 3 heteroatoms. The molecule has 3 rings (SSSR count). The quantitative estimate of drug-likeness (QED) is 0.605. The first-order chi connectivity index (χ1) is 10.3. The summed E-state index contributed by atoms with van der Waals surface area (Å²) in [6, 6.07) is 8.12. The zero-order valence-corrected chi connectivity index (χ0v) is 14.1. The van der Waals surface area contributed by atoms with Crippen molar-refractivity contribution in [2.24, 2.45) is 0 Å². The molecule has 2 aliphatic rings. The van der Waals surface area contributed by atoms with E-state index in [2.05, 4.69) is 0 Å². The fourth-order valence-electron chi connectivity index (χ4n) is 3.65. The maximum absolute atomic E-state index is 13.0. The Morgan fingerprint density at radius 1 is 1.09 bits per heavy atom. The number of ether oxygens (including phenoxy) is 2. The Morgan fingerprint density at radius 2 is 1.68 bits per heavy atom. The van der Waals surface area contributed by atoms with Crippen LogP contribution in [0.25, 0.3) is 0 Å². The Bertz CT molecular complexity index is 561. The van der Waals surface area contributed by atoms with Crippen molar-refractivity contribution in [3.05, 3.63) is 35.4 Å². The van der Waals surface area contributed by atoms with Crippen LogP contribution in [0, 0.1) is 6.92 Å². The summed E-state index contributed by atoms with van der Waals surface area (Å²) in [5.74, 6) is -0.231. The molecule has 0 aromatic heterocycles. The Kier molecular flexibility index (Phi) is 3.59. The zero-order valence-electron chi connectivity index (χ0n) is 14.1. The van der Waals surface area contributed by atoms with Gasteiger partial charge in [-0.2, -0.15) is 0 Å². The fraction of sp³-hybridized carbons (Fsp3) is 0.632. The second-order valence-electron chi connectivity index (χ2n) is 7.71. The summed E-state index contributed by atoms with van der Waals surface area (Å²) in [6.45, 7) is 7.77. The van der Waals surface area contributed by atoms with Crippen molar-refractivity contribution in [1.82, 2.24) is 0 Å². The van der Waals surface area contributed by atoms with Gasteiger partial charge in [0.1, 0.15) is 11.2 Å². The number of rotatable bonds is 2. The van der Waals surface area contributed by atoms with Gasteiger partial charge < -0.3 is 9.47 Å². The minimum atomic E-state index is -0.894. The van der Waals surface area contributed by atoms with Gasteiger partial charge in [-0.25, -0.2) is 4.79 Å². The highest BCUT2D eigenvalue weighted by atomic mass is 16.7. The van der Waals surface area contributed by atoms with E-state index < -0.39 is 11.2 Å². The van der Waals surface area contributed by atoms with Gasteiger partial charge in [-0.3, -0.25) is 0 Å². The van der Waals surface area contributed by atoms with Gasteiger partial charge in [0.2, 0.25) is 5.60 Å². The van der Waals surface area contributed by atoms with E-state index in [-0.39, 0.29) is 11.6 Å². The molecule has 1 aliphatic heterocycles. The molecule has 1 aromatic carbocycles. The van der Waals surface area contributed by atoms with Crippen LogP contribution in [0.5, 0.6) is 0 Å². The van der Waals surface area contributed by atoms with Gasteiger partial charge in [0.25, 0.3) is 0 Å². The maximum Gasteiger partial charge on any atom is 0.346 e. The monoisotopic (exact) mass is 302 g/mol. The first-order valence-electron chi connectivity index (χ1n) is 8.30. The molecule has 22 heavy (non-hydrogen) atoms. The van der Waals surface area contributed by atoms with E-state index in [4.69, 9.17) is 9.47 Å². The molecule has 1 saturated carbocycles. The Morgan fingerprint density at radius 3 is 2.23 bits per heavy atom. The number of carbonyl (C=O) groups is 1. The lowest BCUT2D eigenvalue weighted by Gasteiger charge is -2.26. The molecule has 1 unspecified atom stereocenters. The van der Waals surface area contributed by atoms with E-state index in [9.17, 15) is 4.79 Å². The van der Waals surface area contributed by atoms with Crippen LogP contribution in [0.1, 0.15) is 64.0 Å². The van der Waals surface area contributed by atoms with Crippen molar-refractivity contribution < 1.29 is 14.3 Å². The molecule has 1 aromatic rings. The van der Waals surface area contributed by atoms with Gasteiger partial charge >= 0.3 is 5.97 Å². The molecule has 1 spiro atoms. The van der Waals surface area contributed by atoms with Crippen LogP contribution >= 0.6 is 0 Å². The molecule has 0 amide bonds. The highest BCUT2D eigenvalue weighted by molar-refractivity contribution is 5.87. The Hall–Kier alpha value is -1.35. The summed E-state index contributed by atoms with van der Waals surface area (Å²) in [4.78, 5) is 13.0. The predicted octanol–water partition coefficient (Wildman–Crippen LogP) is 4.27. The van der Waals surface area contributed by atoms with E-state index >= 15 is 0 Å². The summed E-state index contributed by atoms with van der Waals surface area (Å²) >= 11 is 0. The second kappa shape index (κ2) is 5.09. The normalized spacial score (nSPS) is 26.7. The third-order valence-electron chi connectivity index (χ3n) is 4.75. The number of esters is 1. The van der Waals surface area contributed by atoms with E-state index in [1.807, 2.05) is 52.0 Å². The number of aryl methyl sites for hydroxylation is 1. The Labute approximate surface area is 133 Å². The molecule has 0 radical (unpaired) electrons. The van der Waals surface area contributed by atoms with Gasteiger partial charge in [-0.15, -0.1) is 0 Å². The number of hydrogen-bond donors (Lipinski definition) is 0. The third-order valence-corrected chi connectivity index (χ3v) is 4.75. The van der Waals surface area contributed by atoms with Crippen molar-refractivity contribution in [3.63, 3.8) is 0 Å². The van der Waals surface area contributed by atoms with Crippen molar-refractivity contribution in [1.29, 1.82) is 0 Å². The molecule has 1 atom stereocenters. The summed E-state index contributed by atoms with van der Waals surface area (Å²) < 4.78 is 11.9. The summed E-state index contributed by atoms with van der Waals surface area (Å²) in [6.07, 6.45) is 5.36. The summed E-state index contributed by atoms with van der Waals surface area (Å²) in [7, 11) is 0. The predicted molar refractivity (Wildman–Crippen MR) is 85.6 cm³/mol. The van der Waals surface area contributed by atoms with Crippen LogP contribution in [-0.2, 0) is 19.9 Å². The molecule has 0 N–H and O–H groups in total. The molecule has 0 bridgehead atoms. The second-order valence-corrected chi connectivity index (χ2v) is 7.71. The minimum Gasteiger partial charge on any atom is -0.457 e. The smallest absolute Gasteiger partial charge is 0.346 e. The van der Waals surface area contributed by atoms with Crippen LogP contribution in [0.2, 0.25) is 0 Å². The average Bonchev–Trinajstić information content (AvgIpc) is 3.07. The van der Waals surface area contributed by atoms with Gasteiger partial charge in [-0.05, 0) is 46.1 Å². The largest absolute Gasteiger partial charge is 0.457 e. The number of carbonyl (C=O) groups excluding carboxylic acids is 1. The topological polar surface area (TPSA) is 38.8 Å². The molecule has 1 aliphatic carbocycles. The molecule has 1 saturated heterocycles. The van der Waals surface area contributed by atoms with Crippen molar-refractivity contribution in [2.45, 2.75) is 76.6 Å². The van der Waals surface area contributed by atoms with E-state index in [0.29, 0.717) is 0 Å². The minimum absolute atomic E-state index is 0.231. The number of benzene rings is 1. The highest BCUT2D eigenvalue weighted by Crippen LogP contribution is 2.63. The molecule has 3 nitrogen and oxygen atoms in total. The lowest BCUT2D eigenvalue weighted by atomic mass is 9.76. The highest BCUT2D eigenvalue weighted by Gasteiger charge is 2.76. The van der Waals surface area contributed by atoms with Gasteiger partial charge in [0.15, 0.2) is 0 Å². The first-order valence-corrected chi connectivity index (χ1v) is 8.30. The lowest BCUT2D eigenvalue weighted by Crippen LogP contribution is -2.38. The Balaban J connectivity index is 1.97. The average molecular weight is 302 g/mol. The zero-order chi connectivity index (χ0) is 16.0. The van der Waals surface area contributed by atoms with Crippen LogP contribution in [0.3, 0.4) is 0 Å². The van der Waals surface area contributed by atoms with E-state index in [0.717, 1.165) is 31.2 Å². The van der Waals surface area contributed by atoms with E-state index in [1.165, 1.54) is 12.0 Å². The van der Waals surface area contributed by atoms with Gasteiger partial charge in [0, 0.05) is 0 Å². The number of hydrogen-bond acceptors (Lipinski definition) is 3. The molecule has 2 fully saturated rings. The number of epoxide rings is 1. The summed E-state index contributed by atoms with van der Waals surface area (Å²) in [5, 5.41) is 0.